The van der Waals surface area contributed by atoms with E-state index in [0.29, 0.717) is 36.3 Å². The lowest BCUT2D eigenvalue weighted by Crippen LogP contribution is -2.51. The van der Waals surface area contributed by atoms with Crippen molar-refractivity contribution in [3.8, 4) is 0 Å². The molecule has 1 heterocycles. The van der Waals surface area contributed by atoms with E-state index in [0.717, 1.165) is 0 Å². The molecule has 2 bridgehead atoms. The van der Waals surface area contributed by atoms with Crippen LogP contribution in [0, 0.1) is 17.8 Å². The lowest BCUT2D eigenvalue weighted by molar-refractivity contribution is 0.0545. The number of amides is 1. The van der Waals surface area contributed by atoms with Crippen LogP contribution in [-0.4, -0.2) is 18.7 Å². The van der Waals surface area contributed by atoms with E-state index in [2.05, 4.69) is 35.6 Å². The number of ether oxygens (including phenoxy) is 1. The van der Waals surface area contributed by atoms with Crippen molar-refractivity contribution in [1.82, 2.24) is 5.32 Å². The Kier molecular flexibility index (Phi) is 2.16. The zero-order chi connectivity index (χ0) is 12.1. The van der Waals surface area contributed by atoms with Crippen molar-refractivity contribution in [2.45, 2.75) is 24.8 Å². The van der Waals surface area contributed by atoms with Crippen LogP contribution in [0.2, 0.25) is 0 Å². The number of carbonyl (C=O) groups excluding carboxylic acids is 1. The average molecular weight is 243 g/mol. The molecule has 3 nitrogen and oxygen atoms in total. The first-order valence-electron chi connectivity index (χ1n) is 6.81. The molecule has 0 unspecified atom stereocenters. The molecular formula is C15H17NO2. The molecule has 1 saturated heterocycles. The maximum Gasteiger partial charge on any atom is 0.407 e. The number of carbonyl (C=O) groups is 1. The second kappa shape index (κ2) is 3.74. The van der Waals surface area contributed by atoms with E-state index in [1.165, 1.54) is 18.4 Å². The van der Waals surface area contributed by atoms with Gasteiger partial charge in [-0.3, -0.25) is 0 Å². The second-order valence-electron chi connectivity index (χ2n) is 5.84. The van der Waals surface area contributed by atoms with Gasteiger partial charge in [-0.05, 0) is 36.2 Å². The van der Waals surface area contributed by atoms with Crippen LogP contribution in [0.25, 0.3) is 0 Å². The first-order chi connectivity index (χ1) is 8.83. The fourth-order valence-corrected chi connectivity index (χ4v) is 4.38. The predicted molar refractivity (Wildman–Crippen MR) is 67.2 cm³/mol. The van der Waals surface area contributed by atoms with Gasteiger partial charge in [-0.25, -0.2) is 4.79 Å². The van der Waals surface area contributed by atoms with E-state index >= 15 is 0 Å². The summed E-state index contributed by atoms with van der Waals surface area (Å²) >= 11 is 0. The molecule has 2 saturated carbocycles. The van der Waals surface area contributed by atoms with Crippen LogP contribution in [0.1, 0.15) is 24.3 Å². The van der Waals surface area contributed by atoms with Gasteiger partial charge in [0.25, 0.3) is 0 Å². The highest BCUT2D eigenvalue weighted by Crippen LogP contribution is 2.56. The number of nitrogens with one attached hydrogen (secondary N) is 1. The number of benzene rings is 1. The molecule has 1 amide bonds. The normalized spacial score (nSPS) is 41.1. The minimum atomic E-state index is -0.222. The summed E-state index contributed by atoms with van der Waals surface area (Å²) in [6.07, 6.45) is 2.24. The molecule has 1 aromatic carbocycles. The summed E-state index contributed by atoms with van der Waals surface area (Å²) in [5.41, 5.74) is 1.46. The molecular weight excluding hydrogens is 226 g/mol. The number of fused-ring (bicyclic) bond motifs is 5. The Morgan fingerprint density at radius 1 is 1.11 bits per heavy atom. The van der Waals surface area contributed by atoms with Crippen molar-refractivity contribution in [3.05, 3.63) is 35.9 Å². The summed E-state index contributed by atoms with van der Waals surface area (Å²) in [7, 11) is 0. The fraction of sp³-hybridized carbons (Fsp3) is 0.533. The third-order valence-corrected chi connectivity index (χ3v) is 5.09. The van der Waals surface area contributed by atoms with Gasteiger partial charge in [0.1, 0.15) is 0 Å². The van der Waals surface area contributed by atoms with Crippen molar-refractivity contribution >= 4 is 6.09 Å². The molecule has 0 aromatic heterocycles. The Hall–Kier alpha value is -1.51. The van der Waals surface area contributed by atoms with E-state index in [-0.39, 0.29) is 6.09 Å². The molecule has 3 fully saturated rings. The van der Waals surface area contributed by atoms with E-state index in [9.17, 15) is 4.79 Å². The summed E-state index contributed by atoms with van der Waals surface area (Å²) in [5.74, 6) is 2.52. The monoisotopic (exact) mass is 243 g/mol. The van der Waals surface area contributed by atoms with Gasteiger partial charge >= 0.3 is 6.09 Å². The van der Waals surface area contributed by atoms with E-state index in [4.69, 9.17) is 4.74 Å². The maximum atomic E-state index is 11.3. The average Bonchev–Trinajstić information content (AvgIpc) is 2.98. The van der Waals surface area contributed by atoms with Crippen molar-refractivity contribution in [1.29, 1.82) is 0 Å². The van der Waals surface area contributed by atoms with Crippen molar-refractivity contribution in [2.24, 2.45) is 17.8 Å². The summed E-state index contributed by atoms with van der Waals surface area (Å²) in [6.45, 7) is 0.612. The van der Waals surface area contributed by atoms with Crippen molar-refractivity contribution in [3.63, 3.8) is 0 Å². The van der Waals surface area contributed by atoms with E-state index < -0.39 is 0 Å². The van der Waals surface area contributed by atoms with Crippen molar-refractivity contribution < 1.29 is 9.53 Å². The number of hydrogen-bond donors (Lipinski definition) is 1. The van der Waals surface area contributed by atoms with Crippen LogP contribution < -0.4 is 5.32 Å². The highest BCUT2D eigenvalue weighted by atomic mass is 16.6. The molecule has 1 aliphatic heterocycles. The van der Waals surface area contributed by atoms with Gasteiger partial charge in [0.2, 0.25) is 0 Å². The van der Waals surface area contributed by atoms with Crippen molar-refractivity contribution in [2.75, 3.05) is 6.61 Å². The van der Waals surface area contributed by atoms with Gasteiger partial charge < -0.3 is 10.1 Å². The molecule has 3 aliphatic rings. The SMILES string of the molecule is O=C1N[C@@H]2[C@H]3C[C@@H]([C@@H]2CO1)[C@H](c1ccccc1)C3. The van der Waals surface area contributed by atoms with Crippen LogP contribution >= 0.6 is 0 Å². The Bertz CT molecular complexity index is 473. The Morgan fingerprint density at radius 2 is 1.94 bits per heavy atom. The third-order valence-electron chi connectivity index (χ3n) is 5.09. The number of rotatable bonds is 1. The lowest BCUT2D eigenvalue weighted by atomic mass is 9.74. The summed E-state index contributed by atoms with van der Waals surface area (Å²) in [5, 5.41) is 3.02. The van der Waals surface area contributed by atoms with Gasteiger partial charge in [0, 0.05) is 12.0 Å². The minimum Gasteiger partial charge on any atom is -0.449 e. The quantitative estimate of drug-likeness (QED) is 0.823. The van der Waals surface area contributed by atoms with Crippen LogP contribution in [0.5, 0.6) is 0 Å². The standard InChI is InChI=1S/C15H17NO2/c17-15-16-14-10-6-11(9-4-2-1-3-5-9)12(7-10)13(14)8-18-15/h1-5,10-14H,6-8H2,(H,16,17)/t10-,11+,12-,13+,14-/m1/s1. The summed E-state index contributed by atoms with van der Waals surface area (Å²) in [4.78, 5) is 11.3. The molecule has 2 aliphatic carbocycles. The molecule has 5 atom stereocenters. The Labute approximate surface area is 107 Å². The Balaban J connectivity index is 1.61. The van der Waals surface area contributed by atoms with Crippen LogP contribution in [0.3, 0.4) is 0 Å². The summed E-state index contributed by atoms with van der Waals surface area (Å²) < 4.78 is 5.18. The zero-order valence-electron chi connectivity index (χ0n) is 10.2. The number of cyclic esters (lactones) is 1. The highest BCUT2D eigenvalue weighted by Gasteiger charge is 2.55. The maximum absolute atomic E-state index is 11.3. The first-order valence-corrected chi connectivity index (χ1v) is 6.81. The molecule has 94 valence electrons. The van der Waals surface area contributed by atoms with Gasteiger partial charge in [-0.2, -0.15) is 0 Å². The topological polar surface area (TPSA) is 38.3 Å². The lowest BCUT2D eigenvalue weighted by Gasteiger charge is -2.38. The highest BCUT2D eigenvalue weighted by molar-refractivity contribution is 5.68. The van der Waals surface area contributed by atoms with Crippen LogP contribution in [0.4, 0.5) is 4.79 Å². The molecule has 0 spiro atoms. The summed E-state index contributed by atoms with van der Waals surface area (Å²) in [6, 6.07) is 11.2. The largest absolute Gasteiger partial charge is 0.449 e. The fourth-order valence-electron chi connectivity index (χ4n) is 4.38. The number of alkyl carbamates (subject to hydrolysis) is 1. The molecule has 0 radical (unpaired) electrons. The van der Waals surface area contributed by atoms with Crippen LogP contribution in [-0.2, 0) is 4.74 Å². The van der Waals surface area contributed by atoms with Gasteiger partial charge in [-0.1, -0.05) is 30.3 Å². The second-order valence-corrected chi connectivity index (χ2v) is 5.84. The number of hydrogen-bond acceptors (Lipinski definition) is 2. The molecule has 4 rings (SSSR count). The van der Waals surface area contributed by atoms with Gasteiger partial charge in [0.05, 0.1) is 6.61 Å². The third kappa shape index (κ3) is 1.39. The molecule has 1 N–H and O–H groups in total. The molecule has 18 heavy (non-hydrogen) atoms. The first kappa shape index (κ1) is 10.4. The molecule has 1 aromatic rings. The minimum absolute atomic E-state index is 0.222. The van der Waals surface area contributed by atoms with Crippen LogP contribution in [0.15, 0.2) is 30.3 Å². The Morgan fingerprint density at radius 3 is 2.78 bits per heavy atom. The van der Waals surface area contributed by atoms with E-state index in [1.54, 1.807) is 0 Å². The predicted octanol–water partition coefficient (Wildman–Crippen LogP) is 2.53. The van der Waals surface area contributed by atoms with E-state index in [1.807, 2.05) is 0 Å². The smallest absolute Gasteiger partial charge is 0.407 e. The van der Waals surface area contributed by atoms with Gasteiger partial charge in [0.15, 0.2) is 0 Å². The zero-order valence-corrected chi connectivity index (χ0v) is 10.2. The molecule has 3 heteroatoms. The van der Waals surface area contributed by atoms with Gasteiger partial charge in [-0.15, -0.1) is 0 Å².